The topological polar surface area (TPSA) is 94.0 Å². The van der Waals surface area contributed by atoms with E-state index in [1.165, 1.54) is 11.2 Å². The molecule has 0 saturated carbocycles. The Labute approximate surface area is 137 Å². The molecular weight excluding hydrogens is 314 g/mol. The largest absolute Gasteiger partial charge is 0.493 e. The molecule has 0 saturated heterocycles. The van der Waals surface area contributed by atoms with E-state index in [2.05, 4.69) is 9.97 Å². The van der Waals surface area contributed by atoms with Crippen LogP contribution in [0, 0.1) is 0 Å². The third kappa shape index (κ3) is 2.10. The number of ether oxygens (including phenoxy) is 3. The Balaban J connectivity index is 1.92. The van der Waals surface area contributed by atoms with E-state index in [9.17, 15) is 9.90 Å². The van der Waals surface area contributed by atoms with Crippen molar-refractivity contribution in [1.29, 1.82) is 0 Å². The van der Waals surface area contributed by atoms with Gasteiger partial charge in [0.25, 0.3) is 0 Å². The first kappa shape index (κ1) is 14.6. The van der Waals surface area contributed by atoms with Crippen LogP contribution in [0.3, 0.4) is 0 Å². The number of hydrogen-bond acceptors (Lipinski definition) is 6. The highest BCUT2D eigenvalue weighted by atomic mass is 16.7. The highest BCUT2D eigenvalue weighted by Crippen LogP contribution is 2.48. The standard InChI is InChI=1S/C16H15N3O5/c1-2-22-10-3-4-11-14(24-8-23-11)12(10)13-9-5-6-19(16(20)21)15(9)18-7-17-13/h3-4,7H,2,5-6,8H2,1H3,(H,20,21). The second kappa shape index (κ2) is 5.55. The van der Waals surface area contributed by atoms with E-state index in [0.29, 0.717) is 53.9 Å². The van der Waals surface area contributed by atoms with Gasteiger partial charge in [-0.1, -0.05) is 0 Å². The predicted molar refractivity (Wildman–Crippen MR) is 83.8 cm³/mol. The summed E-state index contributed by atoms with van der Waals surface area (Å²) in [6, 6.07) is 3.60. The van der Waals surface area contributed by atoms with Crippen molar-refractivity contribution in [2.24, 2.45) is 0 Å². The van der Waals surface area contributed by atoms with Gasteiger partial charge in [-0.3, -0.25) is 4.90 Å². The lowest BCUT2D eigenvalue weighted by molar-refractivity contribution is 0.174. The summed E-state index contributed by atoms with van der Waals surface area (Å²) < 4.78 is 16.8. The van der Waals surface area contributed by atoms with Crippen molar-refractivity contribution in [2.75, 3.05) is 24.8 Å². The van der Waals surface area contributed by atoms with Crippen LogP contribution in [0.5, 0.6) is 17.2 Å². The second-order valence-electron chi connectivity index (χ2n) is 5.31. The molecule has 3 heterocycles. The van der Waals surface area contributed by atoms with Gasteiger partial charge in [-0.2, -0.15) is 0 Å². The number of benzene rings is 1. The molecule has 4 rings (SSSR count). The first-order valence-corrected chi connectivity index (χ1v) is 7.60. The second-order valence-corrected chi connectivity index (χ2v) is 5.31. The smallest absolute Gasteiger partial charge is 0.413 e. The Kier molecular flexibility index (Phi) is 3.37. The van der Waals surface area contributed by atoms with Gasteiger partial charge in [0.05, 0.1) is 17.9 Å². The Hall–Kier alpha value is -3.03. The van der Waals surface area contributed by atoms with Crippen LogP contribution in [0.1, 0.15) is 12.5 Å². The van der Waals surface area contributed by atoms with Crippen LogP contribution < -0.4 is 19.1 Å². The lowest BCUT2D eigenvalue weighted by atomic mass is 10.0. The summed E-state index contributed by atoms with van der Waals surface area (Å²) in [6.07, 6.45) is 0.871. The number of aromatic nitrogens is 2. The summed E-state index contributed by atoms with van der Waals surface area (Å²) >= 11 is 0. The van der Waals surface area contributed by atoms with Gasteiger partial charge in [0.1, 0.15) is 17.9 Å². The zero-order chi connectivity index (χ0) is 16.7. The van der Waals surface area contributed by atoms with Gasteiger partial charge >= 0.3 is 6.09 Å². The molecule has 1 amide bonds. The summed E-state index contributed by atoms with van der Waals surface area (Å²) in [4.78, 5) is 21.1. The molecule has 2 aromatic rings. The molecule has 2 aliphatic heterocycles. The first-order chi connectivity index (χ1) is 11.7. The quantitative estimate of drug-likeness (QED) is 0.923. The average molecular weight is 329 g/mol. The van der Waals surface area contributed by atoms with Crippen LogP contribution >= 0.6 is 0 Å². The number of nitrogens with zero attached hydrogens (tertiary/aromatic N) is 3. The summed E-state index contributed by atoms with van der Waals surface area (Å²) in [5.74, 6) is 2.22. The molecule has 24 heavy (non-hydrogen) atoms. The SMILES string of the molecule is CCOc1ccc2c(c1-c1ncnc3c1CCN3C(=O)O)OCO2. The maximum absolute atomic E-state index is 11.4. The summed E-state index contributed by atoms with van der Waals surface area (Å²) in [5.41, 5.74) is 2.07. The van der Waals surface area contributed by atoms with E-state index in [1.807, 2.05) is 13.0 Å². The van der Waals surface area contributed by atoms with Gasteiger partial charge in [-0.15, -0.1) is 0 Å². The normalized spacial score (nSPS) is 14.6. The van der Waals surface area contributed by atoms with Crippen LogP contribution in [0.25, 0.3) is 11.3 Å². The highest BCUT2D eigenvalue weighted by Gasteiger charge is 2.32. The molecule has 0 bridgehead atoms. The molecule has 0 unspecified atom stereocenters. The van der Waals surface area contributed by atoms with Gasteiger partial charge < -0.3 is 19.3 Å². The van der Waals surface area contributed by atoms with Crippen LogP contribution in [0.15, 0.2) is 18.5 Å². The number of hydrogen-bond donors (Lipinski definition) is 1. The van der Waals surface area contributed by atoms with Gasteiger partial charge in [0, 0.05) is 12.1 Å². The first-order valence-electron chi connectivity index (χ1n) is 7.60. The number of carbonyl (C=O) groups is 1. The van der Waals surface area contributed by atoms with Crippen LogP contribution in [-0.2, 0) is 6.42 Å². The average Bonchev–Trinajstić information content (AvgIpc) is 3.21. The number of rotatable bonds is 3. The van der Waals surface area contributed by atoms with E-state index in [0.717, 1.165) is 5.56 Å². The molecule has 0 atom stereocenters. The van der Waals surface area contributed by atoms with E-state index in [-0.39, 0.29) is 6.79 Å². The number of fused-ring (bicyclic) bond motifs is 2. The van der Waals surface area contributed by atoms with Gasteiger partial charge in [-0.25, -0.2) is 14.8 Å². The van der Waals surface area contributed by atoms with E-state index in [1.54, 1.807) is 6.07 Å². The molecular formula is C16H15N3O5. The van der Waals surface area contributed by atoms with Gasteiger partial charge in [0.2, 0.25) is 6.79 Å². The van der Waals surface area contributed by atoms with Crippen molar-refractivity contribution in [2.45, 2.75) is 13.3 Å². The van der Waals surface area contributed by atoms with Crippen molar-refractivity contribution >= 4 is 11.9 Å². The minimum atomic E-state index is -1.03. The van der Waals surface area contributed by atoms with Gasteiger partial charge in [-0.05, 0) is 25.5 Å². The van der Waals surface area contributed by atoms with Crippen LogP contribution in [-0.4, -0.2) is 41.1 Å². The molecule has 8 heteroatoms. The number of carboxylic acid groups (broad SMARTS) is 1. The Morgan fingerprint density at radius 3 is 3.04 bits per heavy atom. The maximum Gasteiger partial charge on any atom is 0.413 e. The molecule has 2 aliphatic rings. The van der Waals surface area contributed by atoms with E-state index >= 15 is 0 Å². The van der Waals surface area contributed by atoms with Crippen molar-refractivity contribution in [3.05, 3.63) is 24.0 Å². The lowest BCUT2D eigenvalue weighted by Gasteiger charge is -2.15. The van der Waals surface area contributed by atoms with Gasteiger partial charge in [0.15, 0.2) is 11.5 Å². The third-order valence-corrected chi connectivity index (χ3v) is 4.03. The maximum atomic E-state index is 11.4. The molecule has 1 aromatic carbocycles. The minimum absolute atomic E-state index is 0.131. The molecule has 1 aromatic heterocycles. The highest BCUT2D eigenvalue weighted by molar-refractivity contribution is 5.91. The molecule has 1 N–H and O–H groups in total. The Bertz CT molecular complexity index is 824. The Morgan fingerprint density at radius 1 is 1.38 bits per heavy atom. The predicted octanol–water partition coefficient (Wildman–Crippen LogP) is 2.31. The summed E-state index contributed by atoms with van der Waals surface area (Å²) in [5, 5.41) is 9.31. The number of amides is 1. The molecule has 8 nitrogen and oxygen atoms in total. The molecule has 0 fully saturated rings. The Morgan fingerprint density at radius 2 is 2.25 bits per heavy atom. The van der Waals surface area contributed by atoms with Crippen LogP contribution in [0.2, 0.25) is 0 Å². The molecule has 0 spiro atoms. The summed E-state index contributed by atoms with van der Waals surface area (Å²) in [6.45, 7) is 2.87. The van der Waals surface area contributed by atoms with Crippen molar-refractivity contribution in [3.8, 4) is 28.5 Å². The third-order valence-electron chi connectivity index (χ3n) is 4.03. The molecule has 0 radical (unpaired) electrons. The van der Waals surface area contributed by atoms with Crippen molar-refractivity contribution < 1.29 is 24.1 Å². The molecule has 124 valence electrons. The molecule has 0 aliphatic carbocycles. The monoisotopic (exact) mass is 329 g/mol. The fraction of sp³-hybridized carbons (Fsp3) is 0.312. The van der Waals surface area contributed by atoms with E-state index < -0.39 is 6.09 Å². The number of anilines is 1. The minimum Gasteiger partial charge on any atom is -0.493 e. The lowest BCUT2D eigenvalue weighted by Crippen LogP contribution is -2.27. The van der Waals surface area contributed by atoms with E-state index in [4.69, 9.17) is 14.2 Å². The zero-order valence-electron chi connectivity index (χ0n) is 13.0. The van der Waals surface area contributed by atoms with Crippen molar-refractivity contribution in [3.63, 3.8) is 0 Å². The van der Waals surface area contributed by atoms with Crippen molar-refractivity contribution in [1.82, 2.24) is 9.97 Å². The zero-order valence-corrected chi connectivity index (χ0v) is 13.0. The summed E-state index contributed by atoms with van der Waals surface area (Å²) in [7, 11) is 0. The van der Waals surface area contributed by atoms with Crippen LogP contribution in [0.4, 0.5) is 10.6 Å². The fourth-order valence-electron chi connectivity index (χ4n) is 3.05. The fourth-order valence-corrected chi connectivity index (χ4v) is 3.05.